The van der Waals surface area contributed by atoms with Gasteiger partial charge in [0.05, 0.1) is 6.42 Å². The molecule has 0 saturated carbocycles. The summed E-state index contributed by atoms with van der Waals surface area (Å²) in [6, 6.07) is 13.8. The lowest BCUT2D eigenvalue weighted by Gasteiger charge is -2.02. The molecule has 0 spiro atoms. The molecular formula is C21H19ClN4O2. The number of aromatic nitrogens is 3. The molecule has 1 amide bonds. The van der Waals surface area contributed by atoms with Crippen molar-refractivity contribution in [1.82, 2.24) is 20.4 Å². The van der Waals surface area contributed by atoms with Crippen LogP contribution in [0.5, 0.6) is 0 Å². The van der Waals surface area contributed by atoms with Gasteiger partial charge in [-0.25, -0.2) is 0 Å². The number of hydrogen-bond donors (Lipinski definition) is 2. The molecule has 0 aliphatic rings. The normalized spacial score (nSPS) is 11.1. The monoisotopic (exact) mass is 394 g/mol. The van der Waals surface area contributed by atoms with Crippen LogP contribution in [0.2, 0.25) is 5.02 Å². The zero-order valence-electron chi connectivity index (χ0n) is 15.3. The highest BCUT2D eigenvalue weighted by molar-refractivity contribution is 6.31. The predicted molar refractivity (Wildman–Crippen MR) is 108 cm³/mol. The first-order chi connectivity index (χ1) is 13.6. The second kappa shape index (κ2) is 7.86. The molecule has 6 nitrogen and oxygen atoms in total. The molecule has 0 saturated heterocycles. The first-order valence-electron chi connectivity index (χ1n) is 9.00. The summed E-state index contributed by atoms with van der Waals surface area (Å²) in [6.07, 6.45) is 3.10. The van der Waals surface area contributed by atoms with Crippen LogP contribution in [0.25, 0.3) is 10.9 Å². The van der Waals surface area contributed by atoms with E-state index in [1.807, 2.05) is 55.6 Å². The number of rotatable bonds is 6. The summed E-state index contributed by atoms with van der Waals surface area (Å²) in [5.74, 6) is 0.112. The van der Waals surface area contributed by atoms with Crippen molar-refractivity contribution in [2.75, 3.05) is 6.54 Å². The highest BCUT2D eigenvalue weighted by Gasteiger charge is 2.15. The number of amides is 1. The zero-order chi connectivity index (χ0) is 19.5. The highest BCUT2D eigenvalue weighted by atomic mass is 35.5. The van der Waals surface area contributed by atoms with Gasteiger partial charge in [0.1, 0.15) is 0 Å². The Morgan fingerprint density at radius 3 is 2.86 bits per heavy atom. The SMILES string of the molecule is Cc1ccc(Cc2nc(C(=O)NCCc3c[nH]c4ccc(Cl)cc34)no2)cc1. The van der Waals surface area contributed by atoms with Crippen LogP contribution in [-0.4, -0.2) is 27.6 Å². The van der Waals surface area contributed by atoms with Crippen LogP contribution >= 0.6 is 11.6 Å². The lowest BCUT2D eigenvalue weighted by atomic mass is 10.1. The fourth-order valence-corrected chi connectivity index (χ4v) is 3.22. The van der Waals surface area contributed by atoms with E-state index in [2.05, 4.69) is 20.4 Å². The molecule has 0 bridgehead atoms. The molecule has 4 rings (SSSR count). The van der Waals surface area contributed by atoms with Gasteiger partial charge in [-0.3, -0.25) is 4.79 Å². The Balaban J connectivity index is 1.34. The predicted octanol–water partition coefficient (Wildman–Crippen LogP) is 4.08. The van der Waals surface area contributed by atoms with Crippen molar-refractivity contribution >= 4 is 28.4 Å². The van der Waals surface area contributed by atoms with Gasteiger partial charge in [0, 0.05) is 28.7 Å². The van der Waals surface area contributed by atoms with Gasteiger partial charge in [0.2, 0.25) is 5.89 Å². The van der Waals surface area contributed by atoms with Crippen molar-refractivity contribution in [2.45, 2.75) is 19.8 Å². The molecule has 0 radical (unpaired) electrons. The van der Waals surface area contributed by atoms with Gasteiger partial charge in [-0.1, -0.05) is 46.6 Å². The molecule has 4 aromatic rings. The summed E-state index contributed by atoms with van der Waals surface area (Å²) in [5, 5.41) is 8.36. The molecule has 2 aromatic heterocycles. The molecule has 2 N–H and O–H groups in total. The van der Waals surface area contributed by atoms with Crippen LogP contribution in [0.3, 0.4) is 0 Å². The lowest BCUT2D eigenvalue weighted by molar-refractivity contribution is 0.0941. The Morgan fingerprint density at radius 2 is 2.04 bits per heavy atom. The van der Waals surface area contributed by atoms with Crippen LogP contribution < -0.4 is 5.32 Å². The third-order valence-corrected chi connectivity index (χ3v) is 4.79. The maximum atomic E-state index is 12.3. The fourth-order valence-electron chi connectivity index (χ4n) is 3.05. The van der Waals surface area contributed by atoms with Gasteiger partial charge in [-0.05, 0) is 42.7 Å². The maximum absolute atomic E-state index is 12.3. The van der Waals surface area contributed by atoms with Gasteiger partial charge < -0.3 is 14.8 Å². The molecule has 0 fully saturated rings. The quantitative estimate of drug-likeness (QED) is 0.516. The van der Waals surface area contributed by atoms with Crippen LogP contribution in [-0.2, 0) is 12.8 Å². The van der Waals surface area contributed by atoms with E-state index in [4.69, 9.17) is 16.1 Å². The molecule has 2 heterocycles. The second-order valence-corrected chi connectivity index (χ2v) is 7.12. The minimum Gasteiger partial charge on any atom is -0.361 e. The second-order valence-electron chi connectivity index (χ2n) is 6.68. The molecule has 2 aromatic carbocycles. The van der Waals surface area contributed by atoms with Crippen molar-refractivity contribution in [1.29, 1.82) is 0 Å². The van der Waals surface area contributed by atoms with E-state index < -0.39 is 0 Å². The summed E-state index contributed by atoms with van der Waals surface area (Å²) in [7, 11) is 0. The molecule has 7 heteroatoms. The van der Waals surface area contributed by atoms with Gasteiger partial charge in [-0.2, -0.15) is 4.98 Å². The third-order valence-electron chi connectivity index (χ3n) is 4.56. The number of H-pyrrole nitrogens is 1. The Kier molecular flexibility index (Phi) is 5.12. The largest absolute Gasteiger partial charge is 0.361 e. The molecule has 0 aliphatic carbocycles. The number of aromatic amines is 1. The van der Waals surface area contributed by atoms with Gasteiger partial charge in [0.25, 0.3) is 11.7 Å². The maximum Gasteiger partial charge on any atom is 0.292 e. The van der Waals surface area contributed by atoms with Crippen LogP contribution in [0.4, 0.5) is 0 Å². The number of carbonyl (C=O) groups excluding carboxylic acids is 1. The average molecular weight is 395 g/mol. The summed E-state index contributed by atoms with van der Waals surface area (Å²) < 4.78 is 5.20. The minimum absolute atomic E-state index is 0.0454. The van der Waals surface area contributed by atoms with Crippen molar-refractivity contribution in [3.63, 3.8) is 0 Å². The number of aryl methyl sites for hydroxylation is 1. The molecule has 0 atom stereocenters. The average Bonchev–Trinajstić information content (AvgIpc) is 3.31. The molecular weight excluding hydrogens is 376 g/mol. The molecule has 28 heavy (non-hydrogen) atoms. The minimum atomic E-state index is -0.350. The summed E-state index contributed by atoms with van der Waals surface area (Å²) in [6.45, 7) is 2.49. The number of hydrogen-bond acceptors (Lipinski definition) is 4. The van der Waals surface area contributed by atoms with Gasteiger partial charge in [0.15, 0.2) is 0 Å². The van der Waals surface area contributed by atoms with E-state index in [-0.39, 0.29) is 11.7 Å². The Morgan fingerprint density at radius 1 is 1.21 bits per heavy atom. The van der Waals surface area contributed by atoms with E-state index in [9.17, 15) is 4.79 Å². The van der Waals surface area contributed by atoms with E-state index in [0.717, 1.165) is 22.0 Å². The third kappa shape index (κ3) is 4.07. The Bertz CT molecular complexity index is 1120. The van der Waals surface area contributed by atoms with Crippen LogP contribution in [0.1, 0.15) is 33.2 Å². The standard InChI is InChI=1S/C21H19ClN4O2/c1-13-2-4-14(5-3-13)10-19-25-20(26-28-19)21(27)23-9-8-15-12-24-18-7-6-16(22)11-17(15)18/h2-7,11-12,24H,8-10H2,1H3,(H,23,27). The van der Waals surface area contributed by atoms with Crippen molar-refractivity contribution in [2.24, 2.45) is 0 Å². The molecule has 0 unspecified atom stereocenters. The van der Waals surface area contributed by atoms with Crippen molar-refractivity contribution in [3.8, 4) is 0 Å². The van der Waals surface area contributed by atoms with Gasteiger partial charge >= 0.3 is 0 Å². The van der Waals surface area contributed by atoms with Crippen molar-refractivity contribution in [3.05, 3.63) is 82.1 Å². The topological polar surface area (TPSA) is 83.8 Å². The first kappa shape index (κ1) is 18.3. The van der Waals surface area contributed by atoms with Gasteiger partial charge in [-0.15, -0.1) is 0 Å². The summed E-state index contributed by atoms with van der Waals surface area (Å²) in [4.78, 5) is 19.7. The number of fused-ring (bicyclic) bond motifs is 1. The fraction of sp³-hybridized carbons (Fsp3) is 0.190. The Hall–Kier alpha value is -3.12. The number of nitrogens with zero attached hydrogens (tertiary/aromatic N) is 2. The van der Waals surface area contributed by atoms with Crippen molar-refractivity contribution < 1.29 is 9.32 Å². The number of nitrogens with one attached hydrogen (secondary N) is 2. The van der Waals surface area contributed by atoms with E-state index >= 15 is 0 Å². The zero-order valence-corrected chi connectivity index (χ0v) is 16.1. The molecule has 142 valence electrons. The highest BCUT2D eigenvalue weighted by Crippen LogP contribution is 2.22. The van der Waals surface area contributed by atoms with Crippen LogP contribution in [0, 0.1) is 6.92 Å². The van der Waals surface area contributed by atoms with E-state index in [0.29, 0.717) is 30.3 Å². The smallest absolute Gasteiger partial charge is 0.292 e. The first-order valence-corrected chi connectivity index (χ1v) is 9.38. The number of carbonyl (C=O) groups is 1. The number of benzene rings is 2. The van der Waals surface area contributed by atoms with E-state index in [1.54, 1.807) is 0 Å². The number of halogens is 1. The summed E-state index contributed by atoms with van der Waals surface area (Å²) in [5.41, 5.74) is 4.35. The lowest BCUT2D eigenvalue weighted by Crippen LogP contribution is -2.26. The Labute approximate surface area is 166 Å². The van der Waals surface area contributed by atoms with Crippen LogP contribution in [0.15, 0.2) is 53.2 Å². The molecule has 0 aliphatic heterocycles. The summed E-state index contributed by atoms with van der Waals surface area (Å²) >= 11 is 6.07. The van der Waals surface area contributed by atoms with E-state index in [1.165, 1.54) is 5.56 Å².